The Morgan fingerprint density at radius 1 is 1.18 bits per heavy atom. The highest BCUT2D eigenvalue weighted by atomic mass is 16.5. The van der Waals surface area contributed by atoms with Crippen LogP contribution >= 0.6 is 0 Å². The van der Waals surface area contributed by atoms with Crippen LogP contribution in [0.3, 0.4) is 0 Å². The third-order valence-electron chi connectivity index (χ3n) is 5.29. The molecule has 0 saturated carbocycles. The van der Waals surface area contributed by atoms with Crippen LogP contribution in [0, 0.1) is 0 Å². The lowest BCUT2D eigenvalue weighted by molar-refractivity contribution is -0.929. The van der Waals surface area contributed by atoms with Crippen LogP contribution in [0.4, 0.5) is 0 Å². The number of ether oxygens (including phenoxy) is 1. The zero-order chi connectivity index (χ0) is 19.8. The van der Waals surface area contributed by atoms with Gasteiger partial charge in [0.1, 0.15) is 31.8 Å². The molecule has 1 fully saturated rings. The molecule has 28 heavy (non-hydrogen) atoms. The Hall–Kier alpha value is -2.71. The Balaban J connectivity index is 1.81. The molecule has 1 aliphatic heterocycles. The number of H-pyrrole nitrogens is 1. The highest BCUT2D eigenvalue weighted by molar-refractivity contribution is 5.71. The second-order valence-electron chi connectivity index (χ2n) is 7.68. The average Bonchev–Trinajstić information content (AvgIpc) is 2.98. The van der Waals surface area contributed by atoms with E-state index < -0.39 is 11.2 Å². The van der Waals surface area contributed by atoms with Gasteiger partial charge in [-0.3, -0.25) is 14.3 Å². The minimum Gasteiger partial charge on any atom is -0.364 e. The molecule has 8 heteroatoms. The normalized spacial score (nSPS) is 22.6. The van der Waals surface area contributed by atoms with E-state index in [2.05, 4.69) is 18.8 Å². The second-order valence-corrected chi connectivity index (χ2v) is 7.68. The fourth-order valence-electron chi connectivity index (χ4n) is 4.11. The van der Waals surface area contributed by atoms with Crippen LogP contribution in [0.2, 0.25) is 0 Å². The summed E-state index contributed by atoms with van der Waals surface area (Å²) in [4.78, 5) is 33.1. The predicted octanol–water partition coefficient (Wildman–Crippen LogP) is -0.336. The van der Waals surface area contributed by atoms with Crippen LogP contribution < -0.4 is 16.1 Å². The third-order valence-corrected chi connectivity index (χ3v) is 5.29. The van der Waals surface area contributed by atoms with E-state index in [1.54, 1.807) is 7.05 Å². The number of nitrogens with one attached hydrogen (secondary N) is 2. The number of aromatic nitrogens is 4. The van der Waals surface area contributed by atoms with E-state index in [4.69, 9.17) is 9.72 Å². The summed E-state index contributed by atoms with van der Waals surface area (Å²) in [5, 5.41) is 0. The van der Waals surface area contributed by atoms with Crippen LogP contribution in [0.15, 0.2) is 39.9 Å². The molecule has 2 N–H and O–H groups in total. The van der Waals surface area contributed by atoms with E-state index in [1.165, 1.54) is 9.47 Å². The molecule has 4 rings (SSSR count). The van der Waals surface area contributed by atoms with Gasteiger partial charge in [-0.2, -0.15) is 0 Å². The number of aromatic amines is 1. The summed E-state index contributed by atoms with van der Waals surface area (Å²) in [5.74, 6) is 0.807. The van der Waals surface area contributed by atoms with E-state index >= 15 is 0 Å². The summed E-state index contributed by atoms with van der Waals surface area (Å²) in [6, 6.07) is 9.97. The monoisotopic (exact) mass is 384 g/mol. The molecule has 2 aromatic heterocycles. The van der Waals surface area contributed by atoms with Gasteiger partial charge in [-0.15, -0.1) is 0 Å². The van der Waals surface area contributed by atoms with Crippen molar-refractivity contribution < 1.29 is 9.64 Å². The summed E-state index contributed by atoms with van der Waals surface area (Å²) in [6.07, 6.45) is 0.358. The van der Waals surface area contributed by atoms with Gasteiger partial charge in [0.15, 0.2) is 17.0 Å². The first-order chi connectivity index (χ1) is 13.4. The van der Waals surface area contributed by atoms with Crippen LogP contribution in [0.5, 0.6) is 0 Å². The molecule has 3 heterocycles. The van der Waals surface area contributed by atoms with E-state index in [0.717, 1.165) is 24.5 Å². The predicted molar refractivity (Wildman–Crippen MR) is 106 cm³/mol. The van der Waals surface area contributed by atoms with Gasteiger partial charge >= 0.3 is 5.69 Å². The fourth-order valence-corrected chi connectivity index (χ4v) is 4.11. The topological polar surface area (TPSA) is 86.4 Å². The molecule has 1 unspecified atom stereocenters. The van der Waals surface area contributed by atoms with E-state index in [9.17, 15) is 9.59 Å². The van der Waals surface area contributed by atoms with Gasteiger partial charge in [0.25, 0.3) is 5.56 Å². The number of imidazole rings is 1. The van der Waals surface area contributed by atoms with Gasteiger partial charge < -0.3 is 14.2 Å². The molecule has 3 aromatic rings. The van der Waals surface area contributed by atoms with Gasteiger partial charge in [-0.1, -0.05) is 30.3 Å². The molecule has 1 aliphatic rings. The summed E-state index contributed by atoms with van der Waals surface area (Å²) >= 11 is 0. The Labute approximate surface area is 162 Å². The number of nitrogens with zero attached hydrogens (tertiary/aromatic N) is 3. The summed E-state index contributed by atoms with van der Waals surface area (Å²) in [7, 11) is 1.63. The fraction of sp³-hybridized carbons (Fsp3) is 0.450. The van der Waals surface area contributed by atoms with Crippen molar-refractivity contribution in [2.45, 2.75) is 39.1 Å². The zero-order valence-corrected chi connectivity index (χ0v) is 16.4. The molecule has 1 aromatic carbocycles. The van der Waals surface area contributed by atoms with Crippen molar-refractivity contribution in [1.82, 2.24) is 19.1 Å². The summed E-state index contributed by atoms with van der Waals surface area (Å²) in [5.41, 5.74) is 1.10. The lowest BCUT2D eigenvalue weighted by Gasteiger charge is -2.32. The molecular weight excluding hydrogens is 358 g/mol. The number of rotatable bonds is 4. The molecule has 0 bridgehead atoms. The number of fused-ring (bicyclic) bond motifs is 1. The molecule has 0 spiro atoms. The maximum atomic E-state index is 12.6. The van der Waals surface area contributed by atoms with Gasteiger partial charge in [-0.25, -0.2) is 9.78 Å². The van der Waals surface area contributed by atoms with Gasteiger partial charge in [0, 0.05) is 13.6 Å². The molecule has 0 aliphatic carbocycles. The maximum absolute atomic E-state index is 12.6. The molecule has 0 amide bonds. The average molecular weight is 384 g/mol. The van der Waals surface area contributed by atoms with Crippen LogP contribution in [-0.4, -0.2) is 44.4 Å². The Bertz CT molecular complexity index is 1090. The number of hydrogen-bond acceptors (Lipinski definition) is 4. The Morgan fingerprint density at radius 2 is 1.86 bits per heavy atom. The van der Waals surface area contributed by atoms with Crippen LogP contribution in [-0.2, 0) is 24.9 Å². The van der Waals surface area contributed by atoms with Crippen LogP contribution in [0.1, 0.15) is 25.2 Å². The highest BCUT2D eigenvalue weighted by Crippen LogP contribution is 2.14. The molecule has 3 atom stereocenters. The SMILES string of the molecule is C[C@@H]1C[NH+](Cc2nc3c(c(=O)[nH]c(=O)n3C)n2Cc2ccccc2)C[C@H](C)O1. The second kappa shape index (κ2) is 7.37. The Kier molecular flexibility index (Phi) is 4.91. The number of quaternary nitrogens is 1. The highest BCUT2D eigenvalue weighted by Gasteiger charge is 2.28. The molecular formula is C20H26N5O3+. The largest absolute Gasteiger partial charge is 0.364 e. The summed E-state index contributed by atoms with van der Waals surface area (Å²) < 4.78 is 9.19. The lowest BCUT2D eigenvalue weighted by atomic mass is 10.2. The van der Waals surface area contributed by atoms with Crippen molar-refractivity contribution in [2.75, 3.05) is 13.1 Å². The van der Waals surface area contributed by atoms with Gasteiger partial charge in [0.05, 0.1) is 0 Å². The first-order valence-electron chi connectivity index (χ1n) is 9.63. The quantitative estimate of drug-likeness (QED) is 0.645. The van der Waals surface area contributed by atoms with Gasteiger partial charge in [-0.05, 0) is 19.4 Å². The lowest BCUT2D eigenvalue weighted by Crippen LogP contribution is -3.14. The van der Waals surface area contributed by atoms with Gasteiger partial charge in [0.2, 0.25) is 0 Å². The number of benzene rings is 1. The number of morpholine rings is 1. The van der Waals surface area contributed by atoms with Crippen LogP contribution in [0.25, 0.3) is 11.2 Å². The van der Waals surface area contributed by atoms with E-state index in [-0.39, 0.29) is 12.2 Å². The molecule has 8 nitrogen and oxygen atoms in total. The summed E-state index contributed by atoms with van der Waals surface area (Å²) in [6.45, 7) is 7.13. The number of hydrogen-bond donors (Lipinski definition) is 2. The van der Waals surface area contributed by atoms with Crippen molar-refractivity contribution in [2.24, 2.45) is 7.05 Å². The van der Waals surface area contributed by atoms with Crippen molar-refractivity contribution in [3.63, 3.8) is 0 Å². The molecule has 0 radical (unpaired) electrons. The standard InChI is InChI=1S/C20H25N5O3/c1-13-9-24(10-14(2)28-13)12-16-21-18-17(19(26)22-20(27)23(18)3)25(16)11-15-7-5-4-6-8-15/h4-8,13-14H,9-12H2,1-3H3,(H,22,26,27)/p+1/t13-,14+. The first kappa shape index (κ1) is 18.6. The molecule has 148 valence electrons. The van der Waals surface area contributed by atoms with Crippen molar-refractivity contribution in [3.8, 4) is 0 Å². The van der Waals surface area contributed by atoms with Crippen molar-refractivity contribution in [1.29, 1.82) is 0 Å². The molecule has 1 saturated heterocycles. The minimum atomic E-state index is -0.450. The van der Waals surface area contributed by atoms with Crippen molar-refractivity contribution >= 4 is 11.2 Å². The minimum absolute atomic E-state index is 0.179. The zero-order valence-electron chi connectivity index (χ0n) is 16.4. The smallest absolute Gasteiger partial charge is 0.329 e. The van der Waals surface area contributed by atoms with E-state index in [0.29, 0.717) is 24.3 Å². The Morgan fingerprint density at radius 3 is 2.54 bits per heavy atom. The van der Waals surface area contributed by atoms with E-state index in [1.807, 2.05) is 34.9 Å². The number of aryl methyl sites for hydroxylation is 1. The third kappa shape index (κ3) is 3.53. The first-order valence-corrected chi connectivity index (χ1v) is 9.63. The van der Waals surface area contributed by atoms with Crippen molar-refractivity contribution in [3.05, 3.63) is 62.6 Å². The maximum Gasteiger partial charge on any atom is 0.329 e.